The molecule has 1 aromatic carbocycles. The van der Waals surface area contributed by atoms with Crippen LogP contribution in [-0.4, -0.2) is 12.7 Å². The molecule has 1 N–H and O–H groups in total. The molecule has 19 heavy (non-hydrogen) atoms. The van der Waals surface area contributed by atoms with E-state index in [0.717, 1.165) is 12.8 Å². The number of rotatable bonds is 7. The molecule has 0 radical (unpaired) electrons. The van der Waals surface area contributed by atoms with Gasteiger partial charge in [0, 0.05) is 17.1 Å². The second-order valence-corrected chi connectivity index (χ2v) is 4.46. The average Bonchev–Trinajstić information content (AvgIpc) is 2.36. The van der Waals surface area contributed by atoms with Crippen LogP contribution in [0.1, 0.15) is 25.3 Å². The van der Waals surface area contributed by atoms with E-state index in [1.54, 1.807) is 6.07 Å². The van der Waals surface area contributed by atoms with Crippen LogP contribution in [0.5, 0.6) is 5.75 Å². The highest BCUT2D eigenvalue weighted by atomic mass is 35.5. The van der Waals surface area contributed by atoms with Crippen LogP contribution in [0.2, 0.25) is 5.02 Å². The summed E-state index contributed by atoms with van der Waals surface area (Å²) in [7, 11) is 0. The van der Waals surface area contributed by atoms with Crippen LogP contribution in [-0.2, 0) is 6.54 Å². The van der Waals surface area contributed by atoms with Crippen LogP contribution >= 0.6 is 11.6 Å². The predicted molar refractivity (Wildman–Crippen MR) is 72.5 cm³/mol. The van der Waals surface area contributed by atoms with E-state index in [9.17, 15) is 8.78 Å². The zero-order chi connectivity index (χ0) is 14.3. The first-order chi connectivity index (χ1) is 9.06. The molecule has 0 aliphatic rings. The first kappa shape index (κ1) is 15.7. The van der Waals surface area contributed by atoms with Gasteiger partial charge in [-0.05, 0) is 24.6 Å². The van der Waals surface area contributed by atoms with Crippen LogP contribution in [0.15, 0.2) is 18.2 Å². The minimum atomic E-state index is -2.86. The fourth-order valence-electron chi connectivity index (χ4n) is 1.66. The molecule has 1 unspecified atom stereocenters. The van der Waals surface area contributed by atoms with Crippen molar-refractivity contribution in [3.05, 3.63) is 28.8 Å². The first-order valence-electron chi connectivity index (χ1n) is 5.99. The number of benzene rings is 1. The lowest BCUT2D eigenvalue weighted by Gasteiger charge is -2.15. The van der Waals surface area contributed by atoms with E-state index in [0.29, 0.717) is 17.1 Å². The lowest BCUT2D eigenvalue weighted by Crippen LogP contribution is -2.27. The third-order valence-electron chi connectivity index (χ3n) is 2.56. The second-order valence-electron chi connectivity index (χ2n) is 4.02. The Morgan fingerprint density at radius 2 is 2.21 bits per heavy atom. The highest BCUT2D eigenvalue weighted by Crippen LogP contribution is 2.24. The van der Waals surface area contributed by atoms with Gasteiger partial charge in [-0.1, -0.05) is 30.9 Å². The van der Waals surface area contributed by atoms with E-state index in [-0.39, 0.29) is 11.8 Å². The molecule has 0 saturated carbocycles. The molecule has 0 fully saturated rings. The van der Waals surface area contributed by atoms with E-state index >= 15 is 0 Å². The van der Waals surface area contributed by atoms with E-state index in [2.05, 4.69) is 16.0 Å². The topological polar surface area (TPSA) is 21.3 Å². The Morgan fingerprint density at radius 1 is 1.47 bits per heavy atom. The molecule has 1 atom stereocenters. The standard InChI is InChI=1S/C14H16ClF2NO/c1-3-5-12(4-2)18-9-10-8-11(15)6-7-13(10)19-14(16)17/h2,6-8,12,14,18H,3,5,9H2,1H3. The largest absolute Gasteiger partial charge is 0.434 e. The third kappa shape index (κ3) is 5.46. The summed E-state index contributed by atoms with van der Waals surface area (Å²) >= 11 is 5.85. The van der Waals surface area contributed by atoms with Crippen molar-refractivity contribution in [3.63, 3.8) is 0 Å². The predicted octanol–water partition coefficient (Wildman–Crippen LogP) is 3.83. The van der Waals surface area contributed by atoms with Gasteiger partial charge in [0.2, 0.25) is 0 Å². The third-order valence-corrected chi connectivity index (χ3v) is 2.79. The van der Waals surface area contributed by atoms with Gasteiger partial charge in [0.1, 0.15) is 5.75 Å². The van der Waals surface area contributed by atoms with Crippen LogP contribution in [0, 0.1) is 12.3 Å². The van der Waals surface area contributed by atoms with Gasteiger partial charge in [-0.2, -0.15) is 8.78 Å². The molecule has 5 heteroatoms. The summed E-state index contributed by atoms with van der Waals surface area (Å²) in [5.41, 5.74) is 0.559. The van der Waals surface area contributed by atoms with Gasteiger partial charge < -0.3 is 4.74 Å². The maximum Gasteiger partial charge on any atom is 0.387 e. The Labute approximate surface area is 117 Å². The van der Waals surface area contributed by atoms with Gasteiger partial charge in [0.15, 0.2) is 0 Å². The van der Waals surface area contributed by atoms with Gasteiger partial charge in [0.25, 0.3) is 0 Å². The molecule has 0 heterocycles. The molecule has 0 bridgehead atoms. The number of terminal acetylenes is 1. The van der Waals surface area contributed by atoms with E-state index < -0.39 is 6.61 Å². The number of hydrogen-bond acceptors (Lipinski definition) is 2. The molecule has 1 aromatic rings. The molecule has 0 aliphatic carbocycles. The number of hydrogen-bond donors (Lipinski definition) is 1. The number of ether oxygens (including phenoxy) is 1. The molecule has 0 saturated heterocycles. The Kier molecular flexibility index (Phi) is 6.61. The van der Waals surface area contributed by atoms with Crippen LogP contribution < -0.4 is 10.1 Å². The molecule has 0 spiro atoms. The molecular formula is C14H16ClF2NO. The SMILES string of the molecule is C#CC(CCC)NCc1cc(Cl)ccc1OC(F)F. The monoisotopic (exact) mass is 287 g/mol. The Bertz CT molecular complexity index is 446. The van der Waals surface area contributed by atoms with E-state index in [1.165, 1.54) is 12.1 Å². The number of alkyl halides is 2. The minimum absolute atomic E-state index is 0.0941. The highest BCUT2D eigenvalue weighted by Gasteiger charge is 2.11. The maximum atomic E-state index is 12.3. The Balaban J connectivity index is 2.75. The number of nitrogens with one attached hydrogen (secondary N) is 1. The van der Waals surface area contributed by atoms with Crippen LogP contribution in [0.3, 0.4) is 0 Å². The number of halogens is 3. The summed E-state index contributed by atoms with van der Waals surface area (Å²) in [4.78, 5) is 0. The van der Waals surface area contributed by atoms with Crippen molar-refractivity contribution < 1.29 is 13.5 Å². The van der Waals surface area contributed by atoms with Crippen LogP contribution in [0.4, 0.5) is 8.78 Å². The van der Waals surface area contributed by atoms with Crippen molar-refractivity contribution >= 4 is 11.6 Å². The van der Waals surface area contributed by atoms with Gasteiger partial charge in [-0.3, -0.25) is 5.32 Å². The van der Waals surface area contributed by atoms with Gasteiger partial charge in [0.05, 0.1) is 6.04 Å². The quantitative estimate of drug-likeness (QED) is 0.770. The zero-order valence-electron chi connectivity index (χ0n) is 10.6. The Morgan fingerprint density at radius 3 is 2.79 bits per heavy atom. The molecule has 0 amide bonds. The van der Waals surface area contributed by atoms with Crippen molar-refractivity contribution in [2.75, 3.05) is 0 Å². The average molecular weight is 288 g/mol. The van der Waals surface area contributed by atoms with Crippen LogP contribution in [0.25, 0.3) is 0 Å². The van der Waals surface area contributed by atoms with Crippen molar-refractivity contribution in [2.45, 2.75) is 39.0 Å². The first-order valence-corrected chi connectivity index (χ1v) is 6.37. The summed E-state index contributed by atoms with van der Waals surface area (Å²) in [5, 5.41) is 3.57. The zero-order valence-corrected chi connectivity index (χ0v) is 11.4. The molecule has 2 nitrogen and oxygen atoms in total. The summed E-state index contributed by atoms with van der Waals surface area (Å²) < 4.78 is 29.0. The lowest BCUT2D eigenvalue weighted by molar-refractivity contribution is -0.0505. The van der Waals surface area contributed by atoms with E-state index in [4.69, 9.17) is 18.0 Å². The molecule has 1 rings (SSSR count). The highest BCUT2D eigenvalue weighted by molar-refractivity contribution is 6.30. The van der Waals surface area contributed by atoms with Crippen molar-refractivity contribution in [2.24, 2.45) is 0 Å². The van der Waals surface area contributed by atoms with E-state index in [1.807, 2.05) is 6.92 Å². The van der Waals surface area contributed by atoms with Gasteiger partial charge in [-0.15, -0.1) is 6.42 Å². The van der Waals surface area contributed by atoms with Crippen molar-refractivity contribution in [3.8, 4) is 18.1 Å². The maximum absolute atomic E-state index is 12.3. The Hall–Kier alpha value is -1.31. The molecule has 0 aromatic heterocycles. The van der Waals surface area contributed by atoms with Crippen molar-refractivity contribution in [1.29, 1.82) is 0 Å². The van der Waals surface area contributed by atoms with Gasteiger partial charge >= 0.3 is 6.61 Å². The minimum Gasteiger partial charge on any atom is -0.434 e. The normalized spacial score (nSPS) is 12.2. The fourth-order valence-corrected chi connectivity index (χ4v) is 1.86. The lowest BCUT2D eigenvalue weighted by atomic mass is 10.1. The molecule has 0 aliphatic heterocycles. The van der Waals surface area contributed by atoms with Crippen molar-refractivity contribution in [1.82, 2.24) is 5.32 Å². The second kappa shape index (κ2) is 7.98. The molecular weight excluding hydrogens is 272 g/mol. The summed E-state index contributed by atoms with van der Waals surface area (Å²) in [6, 6.07) is 4.43. The summed E-state index contributed by atoms with van der Waals surface area (Å²) in [6.45, 7) is -0.507. The smallest absolute Gasteiger partial charge is 0.387 e. The summed E-state index contributed by atoms with van der Waals surface area (Å²) in [6.07, 6.45) is 7.15. The fraction of sp³-hybridized carbons (Fsp3) is 0.429. The molecule has 104 valence electrons. The summed E-state index contributed by atoms with van der Waals surface area (Å²) in [5.74, 6) is 2.73. The van der Waals surface area contributed by atoms with Gasteiger partial charge in [-0.25, -0.2) is 0 Å².